The van der Waals surface area contributed by atoms with Crippen LogP contribution in [0.2, 0.25) is 0 Å². The molecular formula is C29H30N8O2S. The van der Waals surface area contributed by atoms with E-state index in [0.29, 0.717) is 45.3 Å². The molecule has 10 nitrogen and oxygen atoms in total. The average molecular weight is 555 g/mol. The Morgan fingerprint density at radius 3 is 2.52 bits per heavy atom. The Hall–Kier alpha value is -3.96. The minimum atomic E-state index is 0.0454. The summed E-state index contributed by atoms with van der Waals surface area (Å²) in [4.78, 5) is 32.8. The van der Waals surface area contributed by atoms with E-state index < -0.39 is 0 Å². The van der Waals surface area contributed by atoms with Crippen LogP contribution in [-0.4, -0.2) is 83.5 Å². The van der Waals surface area contributed by atoms with Crippen LogP contribution >= 0.6 is 11.8 Å². The van der Waals surface area contributed by atoms with Gasteiger partial charge in [-0.1, -0.05) is 36.9 Å². The zero-order valence-corrected chi connectivity index (χ0v) is 23.2. The van der Waals surface area contributed by atoms with Crippen LogP contribution in [0.15, 0.2) is 70.4 Å². The first-order valence-electron chi connectivity index (χ1n) is 13.8. The molecular weight excluding hydrogens is 524 g/mol. The number of para-hydroxylation sites is 1. The number of carbonyl (C=O) groups excluding carboxylic acids is 1. The SMILES string of the molecule is CC/C=C1/C(C(=O)N2CCN(c3ncccn3)CC2)=C2Sc3ccccc3N2c2nnc(N3CCOCC3)cc21. The van der Waals surface area contributed by atoms with E-state index in [9.17, 15) is 4.79 Å². The predicted octanol–water partition coefficient (Wildman–Crippen LogP) is 3.71. The number of anilines is 4. The molecule has 3 aromatic rings. The summed E-state index contributed by atoms with van der Waals surface area (Å²) in [6.07, 6.45) is 6.47. The maximum atomic E-state index is 14.4. The van der Waals surface area contributed by atoms with Crippen molar-refractivity contribution in [1.29, 1.82) is 0 Å². The van der Waals surface area contributed by atoms with E-state index in [1.807, 2.05) is 23.1 Å². The van der Waals surface area contributed by atoms with Crippen molar-refractivity contribution in [2.45, 2.75) is 18.2 Å². The number of aromatic nitrogens is 4. The van der Waals surface area contributed by atoms with Crippen molar-refractivity contribution in [2.75, 3.05) is 67.2 Å². The van der Waals surface area contributed by atoms with Crippen molar-refractivity contribution < 1.29 is 9.53 Å². The second kappa shape index (κ2) is 10.5. The quantitative estimate of drug-likeness (QED) is 0.475. The summed E-state index contributed by atoms with van der Waals surface area (Å²) in [5, 5.41) is 10.3. The number of morpholine rings is 1. The lowest BCUT2D eigenvalue weighted by molar-refractivity contribution is -0.127. The second-order valence-electron chi connectivity index (χ2n) is 9.98. The third-order valence-corrected chi connectivity index (χ3v) is 8.77. The molecule has 6 heterocycles. The molecule has 0 N–H and O–H groups in total. The van der Waals surface area contributed by atoms with Crippen molar-refractivity contribution in [2.24, 2.45) is 0 Å². The van der Waals surface area contributed by atoms with Gasteiger partial charge in [0.1, 0.15) is 0 Å². The molecule has 7 rings (SSSR count). The number of piperazine rings is 1. The summed E-state index contributed by atoms with van der Waals surface area (Å²) in [6, 6.07) is 12.2. The summed E-state index contributed by atoms with van der Waals surface area (Å²) in [5.74, 6) is 2.34. The second-order valence-corrected chi connectivity index (χ2v) is 11.0. The first kappa shape index (κ1) is 25.0. The number of hydrogen-bond acceptors (Lipinski definition) is 10. The molecule has 0 bridgehead atoms. The van der Waals surface area contributed by atoms with Crippen molar-refractivity contribution in [1.82, 2.24) is 25.1 Å². The third-order valence-electron chi connectivity index (χ3n) is 7.62. The number of rotatable bonds is 4. The molecule has 2 aromatic heterocycles. The molecule has 4 aliphatic heterocycles. The fraction of sp³-hybridized carbons (Fsp3) is 0.345. The van der Waals surface area contributed by atoms with Gasteiger partial charge >= 0.3 is 0 Å². The summed E-state index contributed by atoms with van der Waals surface area (Å²) in [6.45, 7) is 7.56. The lowest BCUT2D eigenvalue weighted by Gasteiger charge is -2.37. The van der Waals surface area contributed by atoms with Crippen molar-refractivity contribution in [3.8, 4) is 0 Å². The summed E-state index contributed by atoms with van der Waals surface area (Å²) in [7, 11) is 0. The Balaban J connectivity index is 1.28. The van der Waals surface area contributed by atoms with Crippen molar-refractivity contribution in [3.05, 3.63) is 71.0 Å². The van der Waals surface area contributed by atoms with Gasteiger partial charge in [-0.25, -0.2) is 9.97 Å². The maximum Gasteiger partial charge on any atom is 0.257 e. The van der Waals surface area contributed by atoms with Crippen LogP contribution in [0.4, 0.5) is 23.3 Å². The van der Waals surface area contributed by atoms with Gasteiger partial charge in [-0.05, 0) is 36.3 Å². The average Bonchev–Trinajstić information content (AvgIpc) is 3.41. The van der Waals surface area contributed by atoms with Gasteiger partial charge in [0.05, 0.1) is 29.5 Å². The normalized spacial score (nSPS) is 19.6. The molecule has 2 fully saturated rings. The summed E-state index contributed by atoms with van der Waals surface area (Å²) in [5.41, 5.74) is 3.65. The third kappa shape index (κ3) is 4.29. The monoisotopic (exact) mass is 554 g/mol. The predicted molar refractivity (Wildman–Crippen MR) is 156 cm³/mol. The highest BCUT2D eigenvalue weighted by molar-refractivity contribution is 8.03. The number of benzene rings is 1. The van der Waals surface area contributed by atoms with Gasteiger partial charge in [0.2, 0.25) is 5.95 Å². The Labute approximate surface area is 237 Å². The smallest absolute Gasteiger partial charge is 0.257 e. The van der Waals surface area contributed by atoms with E-state index in [4.69, 9.17) is 9.84 Å². The highest BCUT2D eigenvalue weighted by atomic mass is 32.2. The molecule has 0 atom stereocenters. The van der Waals surface area contributed by atoms with Gasteiger partial charge in [0, 0.05) is 62.1 Å². The fourth-order valence-electron chi connectivity index (χ4n) is 5.64. The van der Waals surface area contributed by atoms with E-state index >= 15 is 0 Å². The minimum Gasteiger partial charge on any atom is -0.378 e. The van der Waals surface area contributed by atoms with Crippen molar-refractivity contribution >= 4 is 46.5 Å². The molecule has 0 aliphatic carbocycles. The van der Waals surface area contributed by atoms with Crippen molar-refractivity contribution in [3.63, 3.8) is 0 Å². The van der Waals surface area contributed by atoms with E-state index in [0.717, 1.165) is 63.5 Å². The highest BCUT2D eigenvalue weighted by Gasteiger charge is 2.41. The van der Waals surface area contributed by atoms with E-state index in [2.05, 4.69) is 61.0 Å². The molecule has 0 saturated carbocycles. The molecule has 0 radical (unpaired) electrons. The zero-order valence-electron chi connectivity index (χ0n) is 22.4. The standard InChI is InChI=1S/C29H30N8O2S/c1-2-6-20-21-19-24(34-15-17-39-18-16-34)32-33-26(21)37-22-7-3-4-8-23(22)40-28(37)25(20)27(38)35-11-13-36(14-12-35)29-30-9-5-10-31-29/h3-10,19H,2,11-18H2,1H3/b20-6+. The van der Waals surface area contributed by atoms with Crippen LogP contribution in [0.5, 0.6) is 0 Å². The maximum absolute atomic E-state index is 14.4. The number of allylic oxidation sites excluding steroid dienone is 1. The zero-order chi connectivity index (χ0) is 27.1. The Morgan fingerprint density at radius 2 is 1.75 bits per heavy atom. The van der Waals surface area contributed by atoms with Gasteiger partial charge in [0.25, 0.3) is 5.91 Å². The van der Waals surface area contributed by atoms with Crippen LogP contribution in [-0.2, 0) is 9.53 Å². The Kier molecular flexibility index (Phi) is 6.60. The summed E-state index contributed by atoms with van der Waals surface area (Å²) < 4.78 is 5.56. The first-order valence-corrected chi connectivity index (χ1v) is 14.6. The molecule has 0 spiro atoms. The minimum absolute atomic E-state index is 0.0454. The highest BCUT2D eigenvalue weighted by Crippen LogP contribution is 2.56. The molecule has 4 aliphatic rings. The molecule has 0 unspecified atom stereocenters. The lowest BCUT2D eigenvalue weighted by Crippen LogP contribution is -2.50. The Bertz CT molecular complexity index is 1500. The number of hydrogen-bond donors (Lipinski definition) is 0. The molecule has 1 amide bonds. The fourth-order valence-corrected chi connectivity index (χ4v) is 6.83. The summed E-state index contributed by atoms with van der Waals surface area (Å²) >= 11 is 1.64. The van der Waals surface area contributed by atoms with Gasteiger partial charge in [0.15, 0.2) is 11.6 Å². The van der Waals surface area contributed by atoms with Crippen LogP contribution < -0.4 is 14.7 Å². The molecule has 1 aromatic carbocycles. The molecule has 2 saturated heterocycles. The van der Waals surface area contributed by atoms with Crippen LogP contribution in [0.25, 0.3) is 5.57 Å². The number of nitrogens with zero attached hydrogens (tertiary/aromatic N) is 8. The van der Waals surface area contributed by atoms with Gasteiger partial charge in [-0.3, -0.25) is 9.69 Å². The lowest BCUT2D eigenvalue weighted by atomic mass is 9.93. The topological polar surface area (TPSA) is 90.8 Å². The van der Waals surface area contributed by atoms with Crippen LogP contribution in [0, 0.1) is 0 Å². The first-order chi connectivity index (χ1) is 19.7. The van der Waals surface area contributed by atoms with E-state index in [1.54, 1.807) is 24.2 Å². The number of amides is 1. The largest absolute Gasteiger partial charge is 0.378 e. The van der Waals surface area contributed by atoms with E-state index in [-0.39, 0.29) is 5.91 Å². The molecule has 11 heteroatoms. The molecule has 204 valence electrons. The van der Waals surface area contributed by atoms with Gasteiger partial charge < -0.3 is 19.4 Å². The number of fused-ring (bicyclic) bond motifs is 5. The number of thioether (sulfide) groups is 1. The van der Waals surface area contributed by atoms with Crippen LogP contribution in [0.3, 0.4) is 0 Å². The Morgan fingerprint density at radius 1 is 0.975 bits per heavy atom. The van der Waals surface area contributed by atoms with E-state index in [1.165, 1.54) is 0 Å². The number of ether oxygens (including phenoxy) is 1. The molecule has 40 heavy (non-hydrogen) atoms. The number of carbonyl (C=O) groups is 1. The van der Waals surface area contributed by atoms with Gasteiger partial charge in [-0.2, -0.15) is 0 Å². The van der Waals surface area contributed by atoms with Crippen LogP contribution in [0.1, 0.15) is 18.9 Å². The van der Waals surface area contributed by atoms with Gasteiger partial charge in [-0.15, -0.1) is 10.2 Å².